The average molecular weight is 469 g/mol. The largest absolute Gasteiger partial charge is 0.496 e. The van der Waals surface area contributed by atoms with E-state index in [-0.39, 0.29) is 5.92 Å². The molecular weight excluding hydrogens is 432 g/mol. The van der Waals surface area contributed by atoms with E-state index in [1.807, 2.05) is 18.2 Å². The molecular formula is C31H36N2O2. The van der Waals surface area contributed by atoms with Crippen molar-refractivity contribution in [3.8, 4) is 16.9 Å². The van der Waals surface area contributed by atoms with Crippen LogP contribution in [-0.2, 0) is 11.3 Å². The van der Waals surface area contributed by atoms with Gasteiger partial charge in [0.05, 0.1) is 13.0 Å². The van der Waals surface area contributed by atoms with Crippen LogP contribution in [0.2, 0.25) is 0 Å². The highest BCUT2D eigenvalue weighted by molar-refractivity contribution is 5.79. The fourth-order valence-electron chi connectivity index (χ4n) is 5.80. The second-order valence-electron chi connectivity index (χ2n) is 9.99. The molecule has 4 nitrogen and oxygen atoms in total. The molecule has 182 valence electrons. The smallest absolute Gasteiger partial charge is 0.226 e. The van der Waals surface area contributed by atoms with Gasteiger partial charge in [0, 0.05) is 31.7 Å². The van der Waals surface area contributed by atoms with Gasteiger partial charge in [-0.3, -0.25) is 9.69 Å². The summed E-state index contributed by atoms with van der Waals surface area (Å²) in [6.07, 6.45) is 4.24. The highest BCUT2D eigenvalue weighted by Gasteiger charge is 2.31. The number of amides is 1. The van der Waals surface area contributed by atoms with Crippen LogP contribution in [0.25, 0.3) is 11.1 Å². The molecule has 2 aliphatic rings. The van der Waals surface area contributed by atoms with Crippen molar-refractivity contribution in [2.75, 3.05) is 33.3 Å². The number of benzene rings is 3. The van der Waals surface area contributed by atoms with Crippen molar-refractivity contribution in [3.05, 3.63) is 90.0 Å². The molecule has 2 saturated heterocycles. The van der Waals surface area contributed by atoms with Gasteiger partial charge in [-0.15, -0.1) is 0 Å². The predicted octanol–water partition coefficient (Wildman–Crippen LogP) is 5.98. The van der Waals surface area contributed by atoms with Gasteiger partial charge in [0.25, 0.3) is 0 Å². The predicted molar refractivity (Wildman–Crippen MR) is 141 cm³/mol. The Labute approximate surface area is 209 Å². The van der Waals surface area contributed by atoms with Crippen LogP contribution in [0.15, 0.2) is 78.9 Å². The zero-order valence-electron chi connectivity index (χ0n) is 20.7. The molecule has 0 aliphatic carbocycles. The van der Waals surface area contributed by atoms with Crippen molar-refractivity contribution in [2.24, 2.45) is 5.92 Å². The number of rotatable bonds is 6. The first-order chi connectivity index (χ1) is 17.2. The lowest BCUT2D eigenvalue weighted by Crippen LogP contribution is -2.46. The Morgan fingerprint density at radius 2 is 1.66 bits per heavy atom. The summed E-state index contributed by atoms with van der Waals surface area (Å²) in [5, 5.41) is 0. The molecule has 2 heterocycles. The number of hydrogen-bond acceptors (Lipinski definition) is 3. The third-order valence-corrected chi connectivity index (χ3v) is 7.68. The van der Waals surface area contributed by atoms with Gasteiger partial charge in [0.1, 0.15) is 5.75 Å². The lowest BCUT2D eigenvalue weighted by atomic mass is 9.88. The third kappa shape index (κ3) is 5.59. The fraction of sp³-hybridized carbons (Fsp3) is 0.387. The topological polar surface area (TPSA) is 32.8 Å². The van der Waals surface area contributed by atoms with Crippen molar-refractivity contribution in [2.45, 2.75) is 38.1 Å². The number of likely N-dealkylation sites (tertiary alicyclic amines) is 2. The van der Waals surface area contributed by atoms with Crippen molar-refractivity contribution in [3.63, 3.8) is 0 Å². The minimum absolute atomic E-state index is 0.120. The Bertz CT molecular complexity index is 1120. The third-order valence-electron chi connectivity index (χ3n) is 7.68. The summed E-state index contributed by atoms with van der Waals surface area (Å²) in [6, 6.07) is 27.7. The van der Waals surface area contributed by atoms with E-state index in [1.54, 1.807) is 7.11 Å². The van der Waals surface area contributed by atoms with E-state index in [2.05, 4.69) is 70.5 Å². The SMILES string of the molecule is COc1ccccc1-c1cccc(CN2CCCC(C(=O)N3CCC(c4ccccc4)CC3)C2)c1. The van der Waals surface area contributed by atoms with Gasteiger partial charge in [-0.2, -0.15) is 0 Å². The Morgan fingerprint density at radius 3 is 2.46 bits per heavy atom. The second-order valence-corrected chi connectivity index (χ2v) is 9.99. The number of hydrogen-bond donors (Lipinski definition) is 0. The molecule has 1 amide bonds. The second kappa shape index (κ2) is 11.1. The normalized spacial score (nSPS) is 19.5. The van der Waals surface area contributed by atoms with Gasteiger partial charge in [-0.05, 0) is 67.0 Å². The molecule has 2 fully saturated rings. The summed E-state index contributed by atoms with van der Waals surface area (Å²) < 4.78 is 5.57. The Morgan fingerprint density at radius 1 is 0.886 bits per heavy atom. The Hall–Kier alpha value is -3.11. The van der Waals surface area contributed by atoms with E-state index >= 15 is 0 Å². The molecule has 1 unspecified atom stereocenters. The molecule has 5 rings (SSSR count). The summed E-state index contributed by atoms with van der Waals surface area (Å²) in [4.78, 5) is 18.0. The zero-order valence-corrected chi connectivity index (χ0v) is 20.7. The zero-order chi connectivity index (χ0) is 24.0. The van der Waals surface area contributed by atoms with E-state index in [1.165, 1.54) is 16.7 Å². The van der Waals surface area contributed by atoms with Gasteiger partial charge in [0.15, 0.2) is 0 Å². The van der Waals surface area contributed by atoms with Crippen LogP contribution in [0.1, 0.15) is 42.7 Å². The molecule has 1 atom stereocenters. The molecule has 4 heteroatoms. The number of para-hydroxylation sites is 1. The number of methoxy groups -OCH3 is 1. The van der Waals surface area contributed by atoms with Crippen LogP contribution >= 0.6 is 0 Å². The Kier molecular flexibility index (Phi) is 7.48. The van der Waals surface area contributed by atoms with Gasteiger partial charge in [-0.25, -0.2) is 0 Å². The van der Waals surface area contributed by atoms with Crippen LogP contribution in [-0.4, -0.2) is 49.0 Å². The van der Waals surface area contributed by atoms with Gasteiger partial charge in [-0.1, -0.05) is 66.7 Å². The van der Waals surface area contributed by atoms with Crippen molar-refractivity contribution < 1.29 is 9.53 Å². The summed E-state index contributed by atoms with van der Waals surface area (Å²) >= 11 is 0. The van der Waals surface area contributed by atoms with Crippen molar-refractivity contribution in [1.29, 1.82) is 0 Å². The fourth-order valence-corrected chi connectivity index (χ4v) is 5.80. The number of nitrogens with zero attached hydrogens (tertiary/aromatic N) is 2. The summed E-state index contributed by atoms with van der Waals surface area (Å²) in [6.45, 7) is 4.56. The maximum Gasteiger partial charge on any atom is 0.226 e. The minimum atomic E-state index is 0.120. The van der Waals surface area contributed by atoms with Crippen LogP contribution < -0.4 is 4.74 Å². The maximum absolute atomic E-state index is 13.4. The first-order valence-electron chi connectivity index (χ1n) is 13.0. The highest BCUT2D eigenvalue weighted by Crippen LogP contribution is 2.32. The molecule has 35 heavy (non-hydrogen) atoms. The molecule has 3 aromatic rings. The maximum atomic E-state index is 13.4. The summed E-state index contributed by atoms with van der Waals surface area (Å²) in [5.41, 5.74) is 4.98. The molecule has 0 aromatic heterocycles. The van der Waals surface area contributed by atoms with Crippen LogP contribution in [0.3, 0.4) is 0 Å². The summed E-state index contributed by atoms with van der Waals surface area (Å²) in [7, 11) is 1.72. The number of piperidine rings is 2. The standard InChI is InChI=1S/C31H36N2O2/c1-35-30-15-6-5-14-29(30)27-12-7-9-24(21-27)22-32-18-8-13-28(23-32)31(34)33-19-16-26(17-20-33)25-10-3-2-4-11-25/h2-7,9-12,14-15,21,26,28H,8,13,16-20,22-23H2,1H3. The van der Waals surface area contributed by atoms with Crippen molar-refractivity contribution in [1.82, 2.24) is 9.80 Å². The number of carbonyl (C=O) groups is 1. The van der Waals surface area contributed by atoms with Gasteiger partial charge in [0.2, 0.25) is 5.91 Å². The molecule has 0 bridgehead atoms. The monoisotopic (exact) mass is 468 g/mol. The molecule has 0 saturated carbocycles. The van der Waals surface area contributed by atoms with E-state index < -0.39 is 0 Å². The van der Waals surface area contributed by atoms with E-state index in [0.29, 0.717) is 11.8 Å². The number of carbonyl (C=O) groups excluding carboxylic acids is 1. The molecule has 3 aromatic carbocycles. The van der Waals surface area contributed by atoms with Crippen LogP contribution in [0.4, 0.5) is 0 Å². The van der Waals surface area contributed by atoms with Crippen molar-refractivity contribution >= 4 is 5.91 Å². The molecule has 0 N–H and O–H groups in total. The lowest BCUT2D eigenvalue weighted by Gasteiger charge is -2.38. The molecule has 0 radical (unpaired) electrons. The van der Waals surface area contributed by atoms with Crippen LogP contribution in [0.5, 0.6) is 5.75 Å². The quantitative estimate of drug-likeness (QED) is 0.446. The Balaban J connectivity index is 1.19. The van der Waals surface area contributed by atoms with Gasteiger partial charge < -0.3 is 9.64 Å². The molecule has 0 spiro atoms. The summed E-state index contributed by atoms with van der Waals surface area (Å²) in [5.74, 6) is 1.96. The first kappa shape index (κ1) is 23.6. The highest BCUT2D eigenvalue weighted by atomic mass is 16.5. The van der Waals surface area contributed by atoms with Crippen LogP contribution in [0, 0.1) is 5.92 Å². The van der Waals surface area contributed by atoms with E-state index in [0.717, 1.165) is 69.7 Å². The number of ether oxygens (including phenoxy) is 1. The first-order valence-corrected chi connectivity index (χ1v) is 13.0. The van der Waals surface area contributed by atoms with Gasteiger partial charge >= 0.3 is 0 Å². The average Bonchev–Trinajstić information content (AvgIpc) is 2.93. The van der Waals surface area contributed by atoms with E-state index in [9.17, 15) is 4.79 Å². The molecule has 2 aliphatic heterocycles. The lowest BCUT2D eigenvalue weighted by molar-refractivity contribution is -0.138. The minimum Gasteiger partial charge on any atom is -0.496 e. The van der Waals surface area contributed by atoms with E-state index in [4.69, 9.17) is 4.74 Å².